The van der Waals surface area contributed by atoms with Crippen LogP contribution in [0.1, 0.15) is 44.9 Å². The van der Waals surface area contributed by atoms with Gasteiger partial charge in [0.1, 0.15) is 0 Å². The number of aliphatic carboxylic acids is 1. The molecule has 1 aliphatic heterocycles. The molecule has 1 saturated heterocycles. The SMILES string of the molecule is CN(C1CCCCC1)S(=O)(=O)N1CCC[C@@H](C(=O)O)C1. The Hall–Kier alpha value is -0.660. The summed E-state index contributed by atoms with van der Waals surface area (Å²) < 4.78 is 28.0. The van der Waals surface area contributed by atoms with Crippen molar-refractivity contribution in [1.82, 2.24) is 8.61 Å². The van der Waals surface area contributed by atoms with Crippen LogP contribution in [0.2, 0.25) is 0 Å². The van der Waals surface area contributed by atoms with Crippen LogP contribution >= 0.6 is 0 Å². The third-order valence-electron chi connectivity index (χ3n) is 4.51. The van der Waals surface area contributed by atoms with Gasteiger partial charge in [-0.05, 0) is 25.7 Å². The lowest BCUT2D eigenvalue weighted by Gasteiger charge is -2.37. The number of carboxylic acid groups (broad SMARTS) is 1. The number of rotatable bonds is 4. The summed E-state index contributed by atoms with van der Waals surface area (Å²) >= 11 is 0. The maximum absolute atomic E-state index is 12.6. The van der Waals surface area contributed by atoms with Gasteiger partial charge < -0.3 is 5.11 Å². The van der Waals surface area contributed by atoms with E-state index in [2.05, 4.69) is 0 Å². The van der Waals surface area contributed by atoms with E-state index in [1.54, 1.807) is 7.05 Å². The fraction of sp³-hybridized carbons (Fsp3) is 0.923. The van der Waals surface area contributed by atoms with E-state index < -0.39 is 22.1 Å². The zero-order chi connectivity index (χ0) is 14.8. The molecule has 0 bridgehead atoms. The Morgan fingerprint density at radius 2 is 1.80 bits per heavy atom. The van der Waals surface area contributed by atoms with Crippen LogP contribution in [0, 0.1) is 5.92 Å². The van der Waals surface area contributed by atoms with Crippen molar-refractivity contribution in [3.8, 4) is 0 Å². The molecule has 0 unspecified atom stereocenters. The largest absolute Gasteiger partial charge is 0.481 e. The fourth-order valence-corrected chi connectivity index (χ4v) is 4.85. The molecular formula is C13H24N2O4S. The molecule has 1 aliphatic carbocycles. The van der Waals surface area contributed by atoms with Crippen LogP contribution in [-0.4, -0.2) is 54.3 Å². The molecule has 0 amide bonds. The highest BCUT2D eigenvalue weighted by Gasteiger charge is 2.37. The van der Waals surface area contributed by atoms with Gasteiger partial charge in [0.2, 0.25) is 0 Å². The molecule has 0 aromatic carbocycles. The summed E-state index contributed by atoms with van der Waals surface area (Å²) in [6.07, 6.45) is 6.32. The normalized spacial score (nSPS) is 26.8. The Morgan fingerprint density at radius 1 is 1.15 bits per heavy atom. The van der Waals surface area contributed by atoms with Gasteiger partial charge >= 0.3 is 5.97 Å². The average molecular weight is 304 g/mol. The van der Waals surface area contributed by atoms with Crippen molar-refractivity contribution in [3.63, 3.8) is 0 Å². The van der Waals surface area contributed by atoms with Gasteiger partial charge in [-0.1, -0.05) is 19.3 Å². The summed E-state index contributed by atoms with van der Waals surface area (Å²) in [6, 6.07) is 0.0685. The summed E-state index contributed by atoms with van der Waals surface area (Å²) in [5.74, 6) is -1.47. The smallest absolute Gasteiger partial charge is 0.307 e. The van der Waals surface area contributed by atoms with Crippen LogP contribution in [0.25, 0.3) is 0 Å². The van der Waals surface area contributed by atoms with Crippen molar-refractivity contribution in [2.45, 2.75) is 51.0 Å². The van der Waals surface area contributed by atoms with Crippen molar-refractivity contribution in [3.05, 3.63) is 0 Å². The molecular weight excluding hydrogens is 280 g/mol. The topological polar surface area (TPSA) is 77.9 Å². The molecule has 6 nitrogen and oxygen atoms in total. The lowest BCUT2D eigenvalue weighted by Crippen LogP contribution is -2.51. The first-order valence-corrected chi connectivity index (χ1v) is 8.78. The van der Waals surface area contributed by atoms with Gasteiger partial charge in [0.05, 0.1) is 5.92 Å². The predicted molar refractivity (Wildman–Crippen MR) is 75.5 cm³/mol. The molecule has 2 fully saturated rings. The van der Waals surface area contributed by atoms with Gasteiger partial charge in [-0.3, -0.25) is 4.79 Å². The van der Waals surface area contributed by atoms with E-state index in [9.17, 15) is 13.2 Å². The summed E-state index contributed by atoms with van der Waals surface area (Å²) in [6.45, 7) is 0.540. The highest BCUT2D eigenvalue weighted by Crippen LogP contribution is 2.27. The molecule has 2 aliphatic rings. The zero-order valence-corrected chi connectivity index (χ0v) is 12.8. The Labute approximate surface area is 120 Å². The first-order chi connectivity index (χ1) is 9.43. The summed E-state index contributed by atoms with van der Waals surface area (Å²) in [4.78, 5) is 11.1. The van der Waals surface area contributed by atoms with Crippen LogP contribution in [0.5, 0.6) is 0 Å². The second-order valence-electron chi connectivity index (χ2n) is 5.85. The fourth-order valence-electron chi connectivity index (χ4n) is 3.17. The number of piperidine rings is 1. The van der Waals surface area contributed by atoms with Gasteiger partial charge in [0.25, 0.3) is 10.2 Å². The van der Waals surface area contributed by atoms with Crippen molar-refractivity contribution < 1.29 is 18.3 Å². The maximum atomic E-state index is 12.6. The van der Waals surface area contributed by atoms with Crippen molar-refractivity contribution in [2.75, 3.05) is 20.1 Å². The minimum atomic E-state index is -3.52. The molecule has 1 heterocycles. The Bertz CT molecular complexity index is 445. The minimum absolute atomic E-state index is 0.0685. The van der Waals surface area contributed by atoms with Gasteiger partial charge in [0.15, 0.2) is 0 Å². The van der Waals surface area contributed by atoms with Gasteiger partial charge in [0, 0.05) is 26.2 Å². The quantitative estimate of drug-likeness (QED) is 0.849. The van der Waals surface area contributed by atoms with Crippen LogP contribution in [-0.2, 0) is 15.0 Å². The maximum Gasteiger partial charge on any atom is 0.307 e. The molecule has 1 saturated carbocycles. The molecule has 0 aromatic heterocycles. The highest BCUT2D eigenvalue weighted by molar-refractivity contribution is 7.86. The summed E-state index contributed by atoms with van der Waals surface area (Å²) in [5, 5.41) is 9.07. The van der Waals surface area contributed by atoms with E-state index in [4.69, 9.17) is 5.11 Å². The third-order valence-corrected chi connectivity index (χ3v) is 6.52. The molecule has 0 aromatic rings. The lowest BCUT2D eigenvalue weighted by atomic mass is 9.96. The highest BCUT2D eigenvalue weighted by atomic mass is 32.2. The van der Waals surface area contributed by atoms with E-state index in [0.29, 0.717) is 19.4 Å². The lowest BCUT2D eigenvalue weighted by molar-refractivity contribution is -0.142. The molecule has 20 heavy (non-hydrogen) atoms. The molecule has 7 heteroatoms. The summed E-state index contributed by atoms with van der Waals surface area (Å²) in [5.41, 5.74) is 0. The van der Waals surface area contributed by atoms with Crippen LogP contribution in [0.4, 0.5) is 0 Å². The first-order valence-electron chi connectivity index (χ1n) is 7.39. The van der Waals surface area contributed by atoms with E-state index in [1.165, 1.54) is 15.0 Å². The minimum Gasteiger partial charge on any atom is -0.481 e. The third kappa shape index (κ3) is 3.32. The second-order valence-corrected chi connectivity index (χ2v) is 7.84. The molecule has 0 radical (unpaired) electrons. The van der Waals surface area contributed by atoms with Crippen LogP contribution in [0.3, 0.4) is 0 Å². The van der Waals surface area contributed by atoms with Crippen LogP contribution in [0.15, 0.2) is 0 Å². The number of carboxylic acids is 1. The van der Waals surface area contributed by atoms with E-state index in [0.717, 1.165) is 25.7 Å². The first kappa shape index (κ1) is 15.7. The zero-order valence-electron chi connectivity index (χ0n) is 12.0. The van der Waals surface area contributed by atoms with E-state index in [-0.39, 0.29) is 12.6 Å². The standard InChI is InChI=1S/C13H24N2O4S/c1-14(12-7-3-2-4-8-12)20(18,19)15-9-5-6-11(10-15)13(16)17/h11-12H,2-10H2,1H3,(H,16,17)/t11-/m1/s1. The van der Waals surface area contributed by atoms with Crippen molar-refractivity contribution in [1.29, 1.82) is 0 Å². The second kappa shape index (κ2) is 6.41. The molecule has 0 spiro atoms. The van der Waals surface area contributed by atoms with Gasteiger partial charge in [-0.15, -0.1) is 0 Å². The monoisotopic (exact) mass is 304 g/mol. The number of nitrogens with zero attached hydrogens (tertiary/aromatic N) is 2. The Kier molecular flexibility index (Phi) is 5.04. The molecule has 1 N–H and O–H groups in total. The van der Waals surface area contributed by atoms with Gasteiger partial charge in [-0.2, -0.15) is 17.0 Å². The van der Waals surface area contributed by atoms with Crippen molar-refractivity contribution in [2.24, 2.45) is 5.92 Å². The number of hydrogen-bond acceptors (Lipinski definition) is 3. The predicted octanol–water partition coefficient (Wildman–Crippen LogP) is 1.29. The number of hydrogen-bond donors (Lipinski definition) is 1. The Balaban J connectivity index is 2.06. The Morgan fingerprint density at radius 3 is 2.40 bits per heavy atom. The average Bonchev–Trinajstić information content (AvgIpc) is 2.47. The van der Waals surface area contributed by atoms with E-state index in [1.807, 2.05) is 0 Å². The van der Waals surface area contributed by atoms with E-state index >= 15 is 0 Å². The molecule has 2 rings (SSSR count). The number of carbonyl (C=O) groups is 1. The molecule has 116 valence electrons. The van der Waals surface area contributed by atoms with Crippen LogP contribution < -0.4 is 0 Å². The molecule has 1 atom stereocenters. The summed E-state index contributed by atoms with van der Waals surface area (Å²) in [7, 11) is -1.89. The van der Waals surface area contributed by atoms with Gasteiger partial charge in [-0.25, -0.2) is 0 Å². The van der Waals surface area contributed by atoms with Crippen molar-refractivity contribution >= 4 is 16.2 Å².